The summed E-state index contributed by atoms with van der Waals surface area (Å²) < 4.78 is 19.1. The number of allylic oxidation sites excluding steroid dienone is 1. The van der Waals surface area contributed by atoms with E-state index in [9.17, 15) is 9.59 Å². The number of carbonyl (C=O) groups excluding carboxylic acids is 1. The van der Waals surface area contributed by atoms with Gasteiger partial charge in [0.05, 0.1) is 41.7 Å². The van der Waals surface area contributed by atoms with Gasteiger partial charge in [-0.15, -0.1) is 0 Å². The number of carbonyl (C=O) groups is 1. The second kappa shape index (κ2) is 10.7. The quantitative estimate of drug-likeness (QED) is 0.346. The molecule has 1 aliphatic rings. The molecule has 0 spiro atoms. The lowest BCUT2D eigenvalue weighted by Crippen LogP contribution is -2.40. The minimum Gasteiger partial charge on any atom is -0.490 e. The second-order valence-corrected chi connectivity index (χ2v) is 9.67. The number of aromatic nitrogens is 2. The number of nitrogens with zero attached hydrogens (tertiary/aromatic N) is 2. The summed E-state index contributed by atoms with van der Waals surface area (Å²) in [5, 5.41) is 1.02. The van der Waals surface area contributed by atoms with Gasteiger partial charge in [-0.2, -0.15) is 0 Å². The van der Waals surface area contributed by atoms with Gasteiger partial charge in [-0.25, -0.2) is 9.79 Å². The third kappa shape index (κ3) is 4.54. The number of para-hydroxylation sites is 1. The van der Waals surface area contributed by atoms with Gasteiger partial charge < -0.3 is 19.2 Å². The van der Waals surface area contributed by atoms with E-state index in [1.54, 1.807) is 18.4 Å². The topological polar surface area (TPSA) is 94.9 Å². The maximum absolute atomic E-state index is 13.9. The van der Waals surface area contributed by atoms with Gasteiger partial charge in [-0.1, -0.05) is 35.6 Å². The van der Waals surface area contributed by atoms with Crippen LogP contribution in [0.1, 0.15) is 44.9 Å². The van der Waals surface area contributed by atoms with Crippen molar-refractivity contribution in [3.05, 3.63) is 90.7 Å². The van der Waals surface area contributed by atoms with Crippen molar-refractivity contribution in [2.24, 2.45) is 4.99 Å². The van der Waals surface area contributed by atoms with Crippen LogP contribution in [0.4, 0.5) is 0 Å². The fraction of sp³-hybridized carbons (Fsp3) is 0.276. The van der Waals surface area contributed by atoms with Crippen LogP contribution in [-0.2, 0) is 9.53 Å². The molecule has 0 saturated heterocycles. The Morgan fingerprint density at radius 2 is 1.84 bits per heavy atom. The van der Waals surface area contributed by atoms with Crippen molar-refractivity contribution in [3.8, 4) is 11.5 Å². The third-order valence-corrected chi connectivity index (χ3v) is 7.29. The van der Waals surface area contributed by atoms with Crippen LogP contribution in [0.5, 0.6) is 11.5 Å². The Kier molecular flexibility index (Phi) is 7.20. The second-order valence-electron chi connectivity index (χ2n) is 8.66. The van der Waals surface area contributed by atoms with Gasteiger partial charge in [0.15, 0.2) is 16.3 Å². The van der Waals surface area contributed by atoms with Gasteiger partial charge in [0.25, 0.3) is 5.56 Å². The Balaban J connectivity index is 1.73. The molecule has 2 aromatic carbocycles. The number of nitrogens with one attached hydrogen (secondary N) is 1. The van der Waals surface area contributed by atoms with Gasteiger partial charge in [0, 0.05) is 22.7 Å². The molecule has 1 atom stereocenters. The first-order valence-corrected chi connectivity index (χ1v) is 13.4. The average Bonchev–Trinajstić information content (AvgIpc) is 3.45. The van der Waals surface area contributed by atoms with Crippen molar-refractivity contribution < 1.29 is 19.0 Å². The fourth-order valence-corrected chi connectivity index (χ4v) is 5.74. The van der Waals surface area contributed by atoms with Crippen LogP contribution in [-0.4, -0.2) is 35.3 Å². The Morgan fingerprint density at radius 3 is 2.61 bits per heavy atom. The van der Waals surface area contributed by atoms with Crippen molar-refractivity contribution in [1.29, 1.82) is 0 Å². The molecule has 38 heavy (non-hydrogen) atoms. The molecule has 1 aliphatic heterocycles. The monoisotopic (exact) mass is 531 g/mol. The van der Waals surface area contributed by atoms with Gasteiger partial charge in [0.1, 0.15) is 0 Å². The molecule has 3 heterocycles. The predicted molar refractivity (Wildman–Crippen MR) is 147 cm³/mol. The lowest BCUT2D eigenvalue weighted by atomic mass is 9.95. The Bertz CT molecular complexity index is 1730. The highest BCUT2D eigenvalue weighted by Crippen LogP contribution is 2.36. The molecule has 0 amide bonds. The van der Waals surface area contributed by atoms with E-state index in [1.165, 1.54) is 11.3 Å². The fourth-order valence-electron chi connectivity index (χ4n) is 4.70. The van der Waals surface area contributed by atoms with Crippen molar-refractivity contribution in [2.75, 3.05) is 19.8 Å². The van der Waals surface area contributed by atoms with Crippen molar-refractivity contribution in [1.82, 2.24) is 9.55 Å². The summed E-state index contributed by atoms with van der Waals surface area (Å²) in [4.78, 5) is 35.5. The average molecular weight is 532 g/mol. The lowest BCUT2D eigenvalue weighted by molar-refractivity contribution is -0.139. The van der Waals surface area contributed by atoms with Gasteiger partial charge in [0.2, 0.25) is 0 Å². The number of benzene rings is 2. The number of thiazole rings is 1. The van der Waals surface area contributed by atoms with E-state index in [2.05, 4.69) is 9.98 Å². The number of hydrogen-bond acceptors (Lipinski definition) is 7. The Morgan fingerprint density at radius 1 is 1.08 bits per heavy atom. The summed E-state index contributed by atoms with van der Waals surface area (Å²) in [6.07, 6.45) is 3.75. The zero-order valence-electron chi connectivity index (χ0n) is 21.7. The van der Waals surface area contributed by atoms with Gasteiger partial charge in [-0.05, 0) is 57.5 Å². The molecule has 1 N–H and O–H groups in total. The van der Waals surface area contributed by atoms with Gasteiger partial charge in [-0.3, -0.25) is 9.36 Å². The number of H-pyrrole nitrogens is 1. The van der Waals surface area contributed by atoms with Crippen LogP contribution in [0.2, 0.25) is 0 Å². The molecule has 0 saturated carbocycles. The maximum atomic E-state index is 13.9. The standard InChI is InChI=1S/C29H29N3O5S/c1-5-35-22-13-12-18(14-23(22)36-6-2)26-25(28(34)37-7-3)17(4)31-29-32(26)27(33)24(38-29)15-19-16-30-21-11-9-8-10-20(19)21/h8-16,26,30H,5-7H2,1-4H3. The molecule has 1 unspecified atom stereocenters. The molecular formula is C29H29N3O5S. The number of esters is 1. The highest BCUT2D eigenvalue weighted by molar-refractivity contribution is 7.07. The van der Waals surface area contributed by atoms with Crippen LogP contribution in [0.25, 0.3) is 17.0 Å². The first-order chi connectivity index (χ1) is 18.5. The molecule has 9 heteroatoms. The summed E-state index contributed by atoms with van der Waals surface area (Å²) in [5.41, 5.74) is 3.20. The third-order valence-electron chi connectivity index (χ3n) is 6.31. The van der Waals surface area contributed by atoms with E-state index in [1.807, 2.05) is 68.6 Å². The zero-order valence-corrected chi connectivity index (χ0v) is 22.6. The summed E-state index contributed by atoms with van der Waals surface area (Å²) in [6, 6.07) is 12.7. The molecule has 5 rings (SSSR count). The minimum atomic E-state index is -0.731. The first-order valence-electron chi connectivity index (χ1n) is 12.6. The SMILES string of the molecule is CCOC(=O)C1=C(C)N=c2sc(=Cc3c[nH]c4ccccc34)c(=O)n2C1c1ccc(OCC)c(OCC)c1. The van der Waals surface area contributed by atoms with E-state index in [4.69, 9.17) is 14.2 Å². The van der Waals surface area contributed by atoms with E-state index >= 15 is 0 Å². The normalized spacial score (nSPS) is 15.4. The summed E-state index contributed by atoms with van der Waals surface area (Å²) in [5.74, 6) is 0.644. The number of ether oxygens (including phenoxy) is 3. The van der Waals surface area contributed by atoms with E-state index in [0.29, 0.717) is 50.9 Å². The molecule has 196 valence electrons. The van der Waals surface area contributed by atoms with Crippen molar-refractivity contribution in [3.63, 3.8) is 0 Å². The highest BCUT2D eigenvalue weighted by atomic mass is 32.1. The smallest absolute Gasteiger partial charge is 0.338 e. The highest BCUT2D eigenvalue weighted by Gasteiger charge is 2.34. The summed E-state index contributed by atoms with van der Waals surface area (Å²) in [6.45, 7) is 8.45. The molecule has 0 aliphatic carbocycles. The number of rotatable bonds is 8. The first kappa shape index (κ1) is 25.5. The lowest BCUT2D eigenvalue weighted by Gasteiger charge is -2.25. The van der Waals surface area contributed by atoms with Crippen LogP contribution >= 0.6 is 11.3 Å². The molecule has 4 aromatic rings. The summed E-state index contributed by atoms with van der Waals surface area (Å²) in [7, 11) is 0. The van der Waals surface area contributed by atoms with Crippen molar-refractivity contribution in [2.45, 2.75) is 33.7 Å². The van der Waals surface area contributed by atoms with E-state index < -0.39 is 12.0 Å². The van der Waals surface area contributed by atoms with Crippen LogP contribution in [0, 0.1) is 0 Å². The zero-order chi connectivity index (χ0) is 26.8. The Labute approximate surface area is 223 Å². The van der Waals surface area contributed by atoms with Crippen LogP contribution < -0.4 is 24.4 Å². The molecule has 0 fully saturated rings. The van der Waals surface area contributed by atoms with E-state index in [-0.39, 0.29) is 12.2 Å². The van der Waals surface area contributed by atoms with Gasteiger partial charge >= 0.3 is 5.97 Å². The molecule has 8 nitrogen and oxygen atoms in total. The van der Waals surface area contributed by atoms with Crippen LogP contribution in [0.3, 0.4) is 0 Å². The summed E-state index contributed by atoms with van der Waals surface area (Å²) >= 11 is 1.30. The number of hydrogen-bond donors (Lipinski definition) is 1. The predicted octanol–water partition coefficient (Wildman–Crippen LogP) is 4.08. The molecule has 2 aromatic heterocycles. The van der Waals surface area contributed by atoms with E-state index in [0.717, 1.165) is 16.5 Å². The number of fused-ring (bicyclic) bond motifs is 2. The van der Waals surface area contributed by atoms with Crippen LogP contribution in [0.15, 0.2) is 69.7 Å². The molecular weight excluding hydrogens is 502 g/mol. The number of aromatic amines is 1. The maximum Gasteiger partial charge on any atom is 0.338 e. The van der Waals surface area contributed by atoms with Crippen molar-refractivity contribution >= 4 is 34.3 Å². The minimum absolute atomic E-state index is 0.209. The molecule has 0 bridgehead atoms. The largest absolute Gasteiger partial charge is 0.490 e. The Hall–Kier alpha value is -4.11. The molecule has 0 radical (unpaired) electrons.